The van der Waals surface area contributed by atoms with E-state index in [0.717, 1.165) is 5.01 Å². The van der Waals surface area contributed by atoms with Gasteiger partial charge in [0.15, 0.2) is 0 Å². The molecule has 1 nitrogen and oxygen atoms in total. The maximum Gasteiger partial charge on any atom is 0.140 e. The van der Waals surface area contributed by atoms with Gasteiger partial charge in [-0.3, -0.25) is 0 Å². The van der Waals surface area contributed by atoms with Gasteiger partial charge in [-0.05, 0) is 49.9 Å². The van der Waals surface area contributed by atoms with Crippen LogP contribution in [0.15, 0.2) is 11.4 Å². The fraction of sp³-hybridized carbons (Fsp3) is 0.308. The van der Waals surface area contributed by atoms with Crippen LogP contribution in [0.1, 0.15) is 22.3 Å². The van der Waals surface area contributed by atoms with E-state index in [0.29, 0.717) is 5.15 Å². The molecule has 84 valence electrons. The maximum atomic E-state index is 5.89. The molecule has 0 aliphatic heterocycles. The molecule has 2 aromatic rings. The maximum absolute atomic E-state index is 5.89. The average Bonchev–Trinajstić information content (AvgIpc) is 2.62. The number of aryl methyl sites for hydroxylation is 2. The Labute approximate surface area is 105 Å². The molecule has 0 atom stereocenters. The summed E-state index contributed by atoms with van der Waals surface area (Å²) in [6.07, 6.45) is 0. The summed E-state index contributed by atoms with van der Waals surface area (Å²) in [7, 11) is 0. The minimum absolute atomic E-state index is 0.581. The van der Waals surface area contributed by atoms with Crippen LogP contribution in [0.25, 0.3) is 10.6 Å². The Hall–Kier alpha value is -0.860. The summed E-state index contributed by atoms with van der Waals surface area (Å²) in [5, 5.41) is 3.48. The number of hydrogen-bond donors (Lipinski definition) is 0. The summed E-state index contributed by atoms with van der Waals surface area (Å²) in [5.74, 6) is 0. The first kappa shape index (κ1) is 11.6. The smallest absolute Gasteiger partial charge is 0.140 e. The third kappa shape index (κ3) is 1.87. The number of thiazole rings is 1. The van der Waals surface area contributed by atoms with Crippen molar-refractivity contribution in [2.24, 2.45) is 0 Å². The van der Waals surface area contributed by atoms with E-state index in [9.17, 15) is 0 Å². The molecule has 3 heteroatoms. The molecule has 0 N–H and O–H groups in total. The van der Waals surface area contributed by atoms with Crippen LogP contribution in [0, 0.1) is 27.7 Å². The van der Waals surface area contributed by atoms with E-state index in [1.807, 2.05) is 5.38 Å². The van der Waals surface area contributed by atoms with Crippen molar-refractivity contribution in [2.75, 3.05) is 0 Å². The standard InChI is InChI=1S/C13H14ClNS/c1-7-5-8(2)10(4)12(9(7)3)13-15-11(14)6-16-13/h5-6H,1-4H3. The van der Waals surface area contributed by atoms with Crippen LogP contribution in [0.3, 0.4) is 0 Å². The van der Waals surface area contributed by atoms with E-state index in [-0.39, 0.29) is 0 Å². The molecule has 16 heavy (non-hydrogen) atoms. The molecule has 0 aliphatic rings. The second-order valence-corrected chi connectivity index (χ2v) is 5.36. The van der Waals surface area contributed by atoms with Crippen LogP contribution in [0.5, 0.6) is 0 Å². The Morgan fingerprint density at radius 1 is 1.06 bits per heavy atom. The average molecular weight is 252 g/mol. The lowest BCUT2D eigenvalue weighted by Crippen LogP contribution is -1.94. The minimum atomic E-state index is 0.581. The van der Waals surface area contributed by atoms with Gasteiger partial charge in [0.25, 0.3) is 0 Å². The Balaban J connectivity index is 2.73. The van der Waals surface area contributed by atoms with Gasteiger partial charge < -0.3 is 0 Å². The Morgan fingerprint density at radius 3 is 2.06 bits per heavy atom. The molecule has 0 saturated carbocycles. The Kier molecular flexibility index (Phi) is 3.04. The largest absolute Gasteiger partial charge is 0.224 e. The van der Waals surface area contributed by atoms with Crippen LogP contribution in [-0.2, 0) is 0 Å². The van der Waals surface area contributed by atoms with E-state index in [2.05, 4.69) is 38.7 Å². The van der Waals surface area contributed by atoms with E-state index in [1.165, 1.54) is 27.8 Å². The molecule has 0 spiro atoms. The first-order valence-electron chi connectivity index (χ1n) is 5.19. The summed E-state index contributed by atoms with van der Waals surface area (Å²) >= 11 is 7.50. The molecule has 1 heterocycles. The van der Waals surface area contributed by atoms with E-state index in [4.69, 9.17) is 11.6 Å². The molecule has 1 aromatic carbocycles. The lowest BCUT2D eigenvalue weighted by atomic mass is 9.95. The molecule has 0 amide bonds. The Morgan fingerprint density at radius 2 is 1.62 bits per heavy atom. The zero-order valence-electron chi connectivity index (χ0n) is 9.89. The van der Waals surface area contributed by atoms with Gasteiger partial charge in [0.05, 0.1) is 0 Å². The van der Waals surface area contributed by atoms with E-state index >= 15 is 0 Å². The van der Waals surface area contributed by atoms with E-state index < -0.39 is 0 Å². The number of halogens is 1. The van der Waals surface area contributed by atoms with Gasteiger partial charge in [-0.25, -0.2) is 4.98 Å². The molecule has 0 unspecified atom stereocenters. The SMILES string of the molecule is Cc1cc(C)c(C)c(-c2nc(Cl)cs2)c1C. The molecule has 0 fully saturated rings. The molecule has 2 rings (SSSR count). The zero-order valence-corrected chi connectivity index (χ0v) is 11.5. The highest BCUT2D eigenvalue weighted by Gasteiger charge is 2.13. The third-order valence-corrected chi connectivity index (χ3v) is 4.24. The van der Waals surface area contributed by atoms with Crippen molar-refractivity contribution in [3.63, 3.8) is 0 Å². The molecule has 0 aliphatic carbocycles. The van der Waals surface area contributed by atoms with Crippen LogP contribution < -0.4 is 0 Å². The quantitative estimate of drug-likeness (QED) is 0.716. The molecule has 0 radical (unpaired) electrons. The highest BCUT2D eigenvalue weighted by molar-refractivity contribution is 7.13. The van der Waals surface area contributed by atoms with Gasteiger partial charge in [-0.2, -0.15) is 0 Å². The van der Waals surface area contributed by atoms with Crippen LogP contribution in [-0.4, -0.2) is 4.98 Å². The highest BCUT2D eigenvalue weighted by Crippen LogP contribution is 2.34. The van der Waals surface area contributed by atoms with Crippen LogP contribution in [0.4, 0.5) is 0 Å². The van der Waals surface area contributed by atoms with Crippen molar-refractivity contribution in [1.82, 2.24) is 4.98 Å². The monoisotopic (exact) mass is 251 g/mol. The van der Waals surface area contributed by atoms with Crippen molar-refractivity contribution < 1.29 is 0 Å². The first-order chi connectivity index (χ1) is 7.50. The van der Waals surface area contributed by atoms with Crippen molar-refractivity contribution >= 4 is 22.9 Å². The Bertz CT molecular complexity index is 517. The molecular weight excluding hydrogens is 238 g/mol. The van der Waals surface area contributed by atoms with Gasteiger partial charge >= 0.3 is 0 Å². The lowest BCUT2D eigenvalue weighted by molar-refractivity contribution is 1.23. The third-order valence-electron chi connectivity index (χ3n) is 3.06. The fourth-order valence-electron chi connectivity index (χ4n) is 1.91. The van der Waals surface area contributed by atoms with Crippen LogP contribution in [0.2, 0.25) is 5.15 Å². The van der Waals surface area contributed by atoms with Crippen molar-refractivity contribution in [3.8, 4) is 10.6 Å². The number of nitrogens with zero attached hydrogens (tertiary/aromatic N) is 1. The topological polar surface area (TPSA) is 12.9 Å². The van der Waals surface area contributed by atoms with Gasteiger partial charge in [-0.15, -0.1) is 11.3 Å². The number of hydrogen-bond acceptors (Lipinski definition) is 2. The van der Waals surface area contributed by atoms with Crippen molar-refractivity contribution in [2.45, 2.75) is 27.7 Å². The van der Waals surface area contributed by atoms with E-state index in [1.54, 1.807) is 11.3 Å². The molecule has 0 saturated heterocycles. The van der Waals surface area contributed by atoms with Crippen LogP contribution >= 0.6 is 22.9 Å². The zero-order chi connectivity index (χ0) is 11.9. The summed E-state index contributed by atoms with van der Waals surface area (Å²) in [4.78, 5) is 4.37. The second-order valence-electron chi connectivity index (χ2n) is 4.11. The van der Waals surface area contributed by atoms with Gasteiger partial charge in [0.2, 0.25) is 0 Å². The molecule has 1 aromatic heterocycles. The lowest BCUT2D eigenvalue weighted by Gasteiger charge is -2.12. The summed E-state index contributed by atoms with van der Waals surface area (Å²) in [6.45, 7) is 8.57. The second kappa shape index (κ2) is 4.19. The number of aromatic nitrogens is 1. The predicted octanol–water partition coefficient (Wildman–Crippen LogP) is 4.70. The predicted molar refractivity (Wildman–Crippen MR) is 71.5 cm³/mol. The van der Waals surface area contributed by atoms with Gasteiger partial charge in [0, 0.05) is 10.9 Å². The van der Waals surface area contributed by atoms with Gasteiger partial charge in [0.1, 0.15) is 10.2 Å². The summed E-state index contributed by atoms with van der Waals surface area (Å²) in [5.41, 5.74) is 6.46. The van der Waals surface area contributed by atoms with Crippen molar-refractivity contribution in [1.29, 1.82) is 0 Å². The number of benzene rings is 1. The molecular formula is C13H14ClNS. The van der Waals surface area contributed by atoms with Gasteiger partial charge in [-0.1, -0.05) is 17.7 Å². The summed E-state index contributed by atoms with van der Waals surface area (Å²) in [6, 6.07) is 2.23. The highest BCUT2D eigenvalue weighted by atomic mass is 35.5. The normalized spacial score (nSPS) is 10.8. The van der Waals surface area contributed by atoms with Crippen molar-refractivity contribution in [3.05, 3.63) is 38.9 Å². The fourth-order valence-corrected chi connectivity index (χ4v) is 3.01. The number of rotatable bonds is 1. The first-order valence-corrected chi connectivity index (χ1v) is 6.45. The molecule has 0 bridgehead atoms. The minimum Gasteiger partial charge on any atom is -0.224 e. The summed E-state index contributed by atoms with van der Waals surface area (Å²) < 4.78 is 0.